The number of fused-ring (bicyclic) bond motifs is 3. The molecule has 33 heavy (non-hydrogen) atoms. The number of hydrogen-bond acceptors (Lipinski definition) is 5. The van der Waals surface area contributed by atoms with Gasteiger partial charge in [0.25, 0.3) is 0 Å². The van der Waals surface area contributed by atoms with Crippen LogP contribution < -0.4 is 4.90 Å². The van der Waals surface area contributed by atoms with Gasteiger partial charge in [0.2, 0.25) is 0 Å². The predicted molar refractivity (Wildman–Crippen MR) is 132 cm³/mol. The van der Waals surface area contributed by atoms with Crippen LogP contribution in [-0.2, 0) is 16.3 Å². The van der Waals surface area contributed by atoms with Crippen LogP contribution in [0, 0.1) is 25.2 Å². The van der Waals surface area contributed by atoms with Crippen molar-refractivity contribution in [2.75, 3.05) is 23.5 Å². The lowest BCUT2D eigenvalue weighted by molar-refractivity contribution is 0.600. The summed E-state index contributed by atoms with van der Waals surface area (Å²) in [4.78, 5) is 6.90. The number of rotatable bonds is 4. The standard InChI is InChI=1S/C26H26N4O2S/c1-17-8-10-19(11-9-17)14-21-18(2)22(15-27)25-28-23-6-4-5-7-24(23)30(25)26(21)29(3)20-12-13-33(31,32)16-20/h4-11,20H,12-14,16H2,1-3H3. The number of nitrogens with zero attached hydrogens (tertiary/aromatic N) is 4. The number of hydrogen-bond donors (Lipinski definition) is 0. The molecule has 0 aliphatic carbocycles. The molecule has 1 fully saturated rings. The molecule has 2 aromatic carbocycles. The van der Waals surface area contributed by atoms with Crippen molar-refractivity contribution in [1.82, 2.24) is 9.38 Å². The van der Waals surface area contributed by atoms with Crippen molar-refractivity contribution < 1.29 is 8.42 Å². The average Bonchev–Trinajstić information content (AvgIpc) is 3.35. The van der Waals surface area contributed by atoms with Crippen molar-refractivity contribution in [1.29, 1.82) is 5.26 Å². The largest absolute Gasteiger partial charge is 0.356 e. The van der Waals surface area contributed by atoms with Crippen LogP contribution in [0.1, 0.15) is 34.2 Å². The van der Waals surface area contributed by atoms with Gasteiger partial charge in [-0.25, -0.2) is 13.4 Å². The summed E-state index contributed by atoms with van der Waals surface area (Å²) in [5.74, 6) is 1.26. The quantitative estimate of drug-likeness (QED) is 0.458. The van der Waals surface area contributed by atoms with E-state index >= 15 is 0 Å². The fraction of sp³-hybridized carbons (Fsp3) is 0.308. The van der Waals surface area contributed by atoms with E-state index in [9.17, 15) is 13.7 Å². The third kappa shape index (κ3) is 3.65. The molecule has 1 atom stereocenters. The molecule has 1 aliphatic heterocycles. The second kappa shape index (κ2) is 7.89. The lowest BCUT2D eigenvalue weighted by atomic mass is 9.96. The molecule has 1 saturated heterocycles. The maximum absolute atomic E-state index is 12.3. The van der Waals surface area contributed by atoms with Crippen molar-refractivity contribution in [3.8, 4) is 6.07 Å². The normalized spacial score (nSPS) is 17.5. The average molecular weight is 459 g/mol. The second-order valence-corrected chi connectivity index (χ2v) is 11.2. The van der Waals surface area contributed by atoms with Crippen molar-refractivity contribution in [3.63, 3.8) is 0 Å². The molecule has 1 aliphatic rings. The molecule has 4 aromatic rings. The van der Waals surface area contributed by atoms with Crippen LogP contribution in [-0.4, -0.2) is 42.4 Å². The minimum atomic E-state index is -3.05. The Labute approximate surface area is 194 Å². The third-order valence-electron chi connectivity index (χ3n) is 6.80. The van der Waals surface area contributed by atoms with Gasteiger partial charge in [-0.15, -0.1) is 0 Å². The van der Waals surface area contributed by atoms with E-state index in [0.29, 0.717) is 24.1 Å². The molecule has 3 heterocycles. The number of aromatic nitrogens is 2. The van der Waals surface area contributed by atoms with E-state index < -0.39 is 9.84 Å². The van der Waals surface area contributed by atoms with Gasteiger partial charge in [-0.3, -0.25) is 4.40 Å². The molecule has 168 valence electrons. The predicted octanol–water partition coefficient (Wildman–Crippen LogP) is 4.19. The summed E-state index contributed by atoms with van der Waals surface area (Å²) in [5.41, 5.74) is 7.16. The first kappa shape index (κ1) is 21.5. The van der Waals surface area contributed by atoms with E-state index in [-0.39, 0.29) is 17.5 Å². The maximum Gasteiger partial charge on any atom is 0.157 e. The van der Waals surface area contributed by atoms with Gasteiger partial charge in [0.05, 0.1) is 28.1 Å². The first-order chi connectivity index (χ1) is 15.8. The number of aryl methyl sites for hydroxylation is 1. The summed E-state index contributed by atoms with van der Waals surface area (Å²) in [5, 5.41) is 10.1. The minimum absolute atomic E-state index is 0.122. The Morgan fingerprint density at radius 3 is 2.55 bits per heavy atom. The van der Waals surface area contributed by atoms with Crippen molar-refractivity contribution in [2.45, 2.75) is 32.7 Å². The Kier molecular flexibility index (Phi) is 5.13. The Balaban J connectivity index is 1.82. The molecule has 1 unspecified atom stereocenters. The molecule has 7 heteroatoms. The number of nitriles is 1. The fourth-order valence-electron chi connectivity index (χ4n) is 4.91. The van der Waals surface area contributed by atoms with Crippen LogP contribution in [0.4, 0.5) is 5.82 Å². The van der Waals surface area contributed by atoms with E-state index in [1.165, 1.54) is 5.56 Å². The van der Waals surface area contributed by atoms with Crippen LogP contribution in [0.2, 0.25) is 0 Å². The summed E-state index contributed by atoms with van der Waals surface area (Å²) in [6, 6.07) is 18.5. The highest BCUT2D eigenvalue weighted by Gasteiger charge is 2.34. The van der Waals surface area contributed by atoms with E-state index in [2.05, 4.69) is 46.6 Å². The first-order valence-corrected chi connectivity index (χ1v) is 12.9. The molecule has 6 nitrogen and oxygen atoms in total. The van der Waals surface area contributed by atoms with Crippen molar-refractivity contribution in [3.05, 3.63) is 76.3 Å². The van der Waals surface area contributed by atoms with Crippen LogP contribution in [0.5, 0.6) is 0 Å². The highest BCUT2D eigenvalue weighted by molar-refractivity contribution is 7.91. The molecule has 2 aromatic heterocycles. The second-order valence-electron chi connectivity index (χ2n) is 9.00. The Morgan fingerprint density at radius 2 is 1.88 bits per heavy atom. The highest BCUT2D eigenvalue weighted by atomic mass is 32.2. The van der Waals surface area contributed by atoms with Gasteiger partial charge in [-0.1, -0.05) is 42.0 Å². The summed E-state index contributed by atoms with van der Waals surface area (Å²) in [7, 11) is -1.08. The number of sulfone groups is 1. The molecule has 0 saturated carbocycles. The van der Waals surface area contributed by atoms with E-state index in [1.807, 2.05) is 38.2 Å². The number of anilines is 1. The first-order valence-electron chi connectivity index (χ1n) is 11.1. The lowest BCUT2D eigenvalue weighted by Crippen LogP contribution is -2.35. The van der Waals surface area contributed by atoms with Gasteiger partial charge in [-0.2, -0.15) is 5.26 Å². The van der Waals surface area contributed by atoms with Crippen LogP contribution in [0.3, 0.4) is 0 Å². The molecule has 0 radical (unpaired) electrons. The minimum Gasteiger partial charge on any atom is -0.356 e. The molecule has 0 spiro atoms. The van der Waals surface area contributed by atoms with Gasteiger partial charge >= 0.3 is 0 Å². The topological polar surface area (TPSA) is 78.5 Å². The molecule has 0 N–H and O–H groups in total. The van der Waals surface area contributed by atoms with E-state index in [0.717, 1.165) is 33.5 Å². The van der Waals surface area contributed by atoms with Crippen molar-refractivity contribution in [2.24, 2.45) is 0 Å². The highest BCUT2D eigenvalue weighted by Crippen LogP contribution is 2.36. The van der Waals surface area contributed by atoms with Crippen LogP contribution in [0.25, 0.3) is 16.7 Å². The van der Waals surface area contributed by atoms with Crippen LogP contribution >= 0.6 is 0 Å². The smallest absolute Gasteiger partial charge is 0.157 e. The molecular weight excluding hydrogens is 432 g/mol. The zero-order valence-corrected chi connectivity index (χ0v) is 19.9. The molecule has 0 bridgehead atoms. The van der Waals surface area contributed by atoms with Gasteiger partial charge < -0.3 is 4.90 Å². The Bertz CT molecular complexity index is 1530. The maximum atomic E-state index is 12.3. The van der Waals surface area contributed by atoms with Gasteiger partial charge in [0.1, 0.15) is 11.9 Å². The summed E-state index contributed by atoms with van der Waals surface area (Å²) >= 11 is 0. The summed E-state index contributed by atoms with van der Waals surface area (Å²) in [6.45, 7) is 4.04. The summed E-state index contributed by atoms with van der Waals surface area (Å²) in [6.07, 6.45) is 1.23. The fourth-order valence-corrected chi connectivity index (χ4v) is 6.68. The zero-order valence-electron chi connectivity index (χ0n) is 19.0. The molecule has 0 amide bonds. The number of para-hydroxylation sites is 2. The number of benzene rings is 2. The van der Waals surface area contributed by atoms with Gasteiger partial charge in [0, 0.05) is 25.1 Å². The zero-order chi connectivity index (χ0) is 23.3. The molecule has 5 rings (SSSR count). The van der Waals surface area contributed by atoms with Gasteiger partial charge in [0.15, 0.2) is 15.5 Å². The number of imidazole rings is 1. The molecular formula is C26H26N4O2S. The number of pyridine rings is 1. The van der Waals surface area contributed by atoms with E-state index in [1.54, 1.807) is 0 Å². The lowest BCUT2D eigenvalue weighted by Gasteiger charge is -2.30. The summed E-state index contributed by atoms with van der Waals surface area (Å²) < 4.78 is 26.6. The monoisotopic (exact) mass is 458 g/mol. The Hall–Kier alpha value is -3.37. The SMILES string of the molecule is Cc1ccc(Cc2c(C)c(C#N)c3nc4ccccc4n3c2N(C)C2CCS(=O)(=O)C2)cc1. The third-order valence-corrected chi connectivity index (χ3v) is 8.55. The van der Waals surface area contributed by atoms with E-state index in [4.69, 9.17) is 4.98 Å². The van der Waals surface area contributed by atoms with Gasteiger partial charge in [-0.05, 0) is 43.5 Å². The Morgan fingerprint density at radius 1 is 1.15 bits per heavy atom. The van der Waals surface area contributed by atoms with Crippen molar-refractivity contribution >= 4 is 32.3 Å². The van der Waals surface area contributed by atoms with Crippen LogP contribution in [0.15, 0.2) is 48.5 Å².